The Kier molecular flexibility index (Phi) is 3.72. The van der Waals surface area contributed by atoms with Crippen molar-refractivity contribution in [2.75, 3.05) is 23.3 Å². The molecule has 1 amide bonds. The number of hydrogen-bond acceptors (Lipinski definition) is 5. The molecule has 4 rings (SSSR count). The first-order valence-corrected chi connectivity index (χ1v) is 8.19. The number of carbonyl (C=O) groups is 2. The van der Waals surface area contributed by atoms with Crippen molar-refractivity contribution in [3.63, 3.8) is 0 Å². The van der Waals surface area contributed by atoms with Crippen LogP contribution in [-0.2, 0) is 4.79 Å². The third-order valence-electron chi connectivity index (χ3n) is 4.47. The molecule has 1 fully saturated rings. The van der Waals surface area contributed by atoms with Gasteiger partial charge in [-0.05, 0) is 37.5 Å². The van der Waals surface area contributed by atoms with Gasteiger partial charge in [-0.25, -0.2) is 14.8 Å². The second kappa shape index (κ2) is 6.04. The topological polar surface area (TPSA) is 111 Å². The van der Waals surface area contributed by atoms with Gasteiger partial charge in [-0.15, -0.1) is 0 Å². The summed E-state index contributed by atoms with van der Waals surface area (Å²) in [5.74, 6) is -0.0605. The van der Waals surface area contributed by atoms with Crippen molar-refractivity contribution in [1.82, 2.24) is 15.0 Å². The van der Waals surface area contributed by atoms with Gasteiger partial charge in [0.25, 0.3) is 5.91 Å². The number of piperidine rings is 1. The average molecular weight is 339 g/mol. The zero-order chi connectivity index (χ0) is 17.4. The Bertz CT molecular complexity index is 880. The molecule has 0 unspecified atom stereocenters. The summed E-state index contributed by atoms with van der Waals surface area (Å²) in [6.45, 7) is 1.80. The fourth-order valence-corrected chi connectivity index (χ4v) is 3.27. The number of aromatic nitrogens is 3. The van der Waals surface area contributed by atoms with Gasteiger partial charge in [-0.2, -0.15) is 0 Å². The highest BCUT2D eigenvalue weighted by molar-refractivity contribution is 6.35. The van der Waals surface area contributed by atoms with Gasteiger partial charge in [-0.3, -0.25) is 4.79 Å². The van der Waals surface area contributed by atoms with Crippen LogP contribution in [0.2, 0.25) is 0 Å². The van der Waals surface area contributed by atoms with Gasteiger partial charge in [0.1, 0.15) is 23.7 Å². The minimum atomic E-state index is -1.04. The molecule has 1 saturated heterocycles. The van der Waals surface area contributed by atoms with E-state index in [0.717, 1.165) is 31.7 Å². The molecule has 0 bridgehead atoms. The molecule has 8 nitrogen and oxygen atoms in total. The van der Waals surface area contributed by atoms with Gasteiger partial charge in [0.2, 0.25) is 0 Å². The van der Waals surface area contributed by atoms with E-state index in [-0.39, 0.29) is 11.6 Å². The van der Waals surface area contributed by atoms with Gasteiger partial charge in [0.15, 0.2) is 0 Å². The third-order valence-corrected chi connectivity index (χ3v) is 4.47. The molecular formula is C17H17N5O3. The standard InChI is InChI=1S/C17H17N5O3/c23-16-11(8-10-4-5-12(20-10)17(24)25)13-14(21-16)18-9-19-15(13)22-6-2-1-3-7-22/h4-5,8-9,20H,1-3,6-7H2,(H,24,25)(H,18,19,21,23)/b11-8-. The lowest BCUT2D eigenvalue weighted by atomic mass is 10.1. The van der Waals surface area contributed by atoms with E-state index < -0.39 is 5.97 Å². The summed E-state index contributed by atoms with van der Waals surface area (Å²) in [4.78, 5) is 37.0. The molecule has 2 aromatic heterocycles. The Morgan fingerprint density at radius 2 is 2.00 bits per heavy atom. The molecule has 0 aliphatic carbocycles. The summed E-state index contributed by atoms with van der Waals surface area (Å²) < 4.78 is 0. The first-order valence-electron chi connectivity index (χ1n) is 8.19. The number of amides is 1. The molecule has 2 aliphatic heterocycles. The number of carboxylic acid groups (broad SMARTS) is 1. The third kappa shape index (κ3) is 2.75. The molecule has 0 radical (unpaired) electrons. The van der Waals surface area contributed by atoms with Gasteiger partial charge in [0.05, 0.1) is 11.1 Å². The van der Waals surface area contributed by atoms with E-state index in [1.807, 2.05) is 0 Å². The van der Waals surface area contributed by atoms with Gasteiger partial charge >= 0.3 is 5.97 Å². The maximum Gasteiger partial charge on any atom is 0.352 e. The number of carboxylic acids is 1. The van der Waals surface area contributed by atoms with E-state index in [2.05, 4.69) is 25.2 Å². The molecule has 128 valence electrons. The zero-order valence-corrected chi connectivity index (χ0v) is 13.5. The van der Waals surface area contributed by atoms with Gasteiger partial charge < -0.3 is 20.3 Å². The number of aromatic carboxylic acids is 1. The predicted octanol–water partition coefficient (Wildman–Crippen LogP) is 1.99. The van der Waals surface area contributed by atoms with E-state index in [1.165, 1.54) is 18.8 Å². The highest BCUT2D eigenvalue weighted by Crippen LogP contribution is 2.38. The van der Waals surface area contributed by atoms with E-state index in [1.54, 1.807) is 12.1 Å². The molecule has 8 heteroatoms. The van der Waals surface area contributed by atoms with Crippen LogP contribution in [0.25, 0.3) is 11.6 Å². The summed E-state index contributed by atoms with van der Waals surface area (Å²) in [5, 5.41) is 11.8. The largest absolute Gasteiger partial charge is 0.477 e. The molecule has 0 spiro atoms. The molecule has 0 saturated carbocycles. The number of nitrogens with zero attached hydrogens (tertiary/aromatic N) is 3. The SMILES string of the molecule is O=C1Nc2ncnc(N3CCCCC3)c2/C1=C/c1ccc(C(=O)O)[nH]1. The Labute approximate surface area is 143 Å². The number of hydrogen-bond donors (Lipinski definition) is 3. The minimum absolute atomic E-state index is 0.0750. The van der Waals surface area contributed by atoms with E-state index in [9.17, 15) is 9.59 Å². The lowest BCUT2D eigenvalue weighted by molar-refractivity contribution is -0.110. The van der Waals surface area contributed by atoms with Gasteiger partial charge in [0, 0.05) is 18.8 Å². The smallest absolute Gasteiger partial charge is 0.352 e. The van der Waals surface area contributed by atoms with Crippen molar-refractivity contribution in [1.29, 1.82) is 0 Å². The molecule has 2 aliphatic rings. The van der Waals surface area contributed by atoms with E-state index >= 15 is 0 Å². The molecule has 25 heavy (non-hydrogen) atoms. The second-order valence-electron chi connectivity index (χ2n) is 6.11. The van der Waals surface area contributed by atoms with Crippen molar-refractivity contribution >= 4 is 35.2 Å². The molecule has 2 aromatic rings. The summed E-state index contributed by atoms with van der Waals surface area (Å²) >= 11 is 0. The number of anilines is 2. The lowest BCUT2D eigenvalue weighted by Crippen LogP contribution is -2.31. The average Bonchev–Trinajstić information content (AvgIpc) is 3.21. The monoisotopic (exact) mass is 339 g/mol. The Hall–Kier alpha value is -3.16. The minimum Gasteiger partial charge on any atom is -0.477 e. The second-order valence-corrected chi connectivity index (χ2v) is 6.11. The number of rotatable bonds is 3. The quantitative estimate of drug-likeness (QED) is 0.738. The van der Waals surface area contributed by atoms with Crippen LogP contribution in [-0.4, -0.2) is 45.0 Å². The first kappa shape index (κ1) is 15.4. The van der Waals surface area contributed by atoms with Crippen LogP contribution in [0.4, 0.5) is 11.6 Å². The molecule has 0 aromatic carbocycles. The Morgan fingerprint density at radius 1 is 1.20 bits per heavy atom. The maximum atomic E-state index is 12.4. The van der Waals surface area contributed by atoms with Crippen LogP contribution in [0.15, 0.2) is 18.5 Å². The van der Waals surface area contributed by atoms with Crippen molar-refractivity contribution in [3.8, 4) is 0 Å². The Balaban J connectivity index is 1.77. The predicted molar refractivity (Wildman–Crippen MR) is 92.3 cm³/mol. The van der Waals surface area contributed by atoms with Gasteiger partial charge in [-0.1, -0.05) is 0 Å². The summed E-state index contributed by atoms with van der Waals surface area (Å²) in [6, 6.07) is 3.10. The summed E-state index contributed by atoms with van der Waals surface area (Å²) in [5.41, 5.74) is 1.74. The Morgan fingerprint density at radius 3 is 2.72 bits per heavy atom. The van der Waals surface area contributed by atoms with Crippen LogP contribution >= 0.6 is 0 Å². The fourth-order valence-electron chi connectivity index (χ4n) is 3.27. The molecular weight excluding hydrogens is 322 g/mol. The highest BCUT2D eigenvalue weighted by atomic mass is 16.4. The first-order chi connectivity index (χ1) is 12.1. The lowest BCUT2D eigenvalue weighted by Gasteiger charge is -2.28. The highest BCUT2D eigenvalue weighted by Gasteiger charge is 2.31. The zero-order valence-electron chi connectivity index (χ0n) is 13.5. The van der Waals surface area contributed by atoms with Crippen LogP contribution in [0.3, 0.4) is 0 Å². The number of aromatic amines is 1. The van der Waals surface area contributed by atoms with E-state index in [4.69, 9.17) is 5.11 Å². The van der Waals surface area contributed by atoms with Crippen molar-refractivity contribution in [2.45, 2.75) is 19.3 Å². The van der Waals surface area contributed by atoms with Crippen molar-refractivity contribution in [2.24, 2.45) is 0 Å². The molecule has 0 atom stereocenters. The van der Waals surface area contributed by atoms with E-state index in [0.29, 0.717) is 22.6 Å². The number of nitrogens with one attached hydrogen (secondary N) is 2. The van der Waals surface area contributed by atoms with Crippen molar-refractivity contribution < 1.29 is 14.7 Å². The number of carbonyl (C=O) groups excluding carboxylic acids is 1. The normalized spacial score (nSPS) is 18.3. The van der Waals surface area contributed by atoms with Crippen LogP contribution in [0, 0.1) is 0 Å². The maximum absolute atomic E-state index is 12.4. The van der Waals surface area contributed by atoms with Crippen LogP contribution in [0.1, 0.15) is 41.0 Å². The number of H-pyrrole nitrogens is 1. The van der Waals surface area contributed by atoms with Crippen molar-refractivity contribution in [3.05, 3.63) is 35.4 Å². The number of fused-ring (bicyclic) bond motifs is 1. The summed E-state index contributed by atoms with van der Waals surface area (Å²) in [7, 11) is 0. The molecule has 3 N–H and O–H groups in total. The van der Waals surface area contributed by atoms with Crippen LogP contribution < -0.4 is 10.2 Å². The summed E-state index contributed by atoms with van der Waals surface area (Å²) in [6.07, 6.45) is 6.49. The fraction of sp³-hybridized carbons (Fsp3) is 0.294. The molecule has 4 heterocycles. The van der Waals surface area contributed by atoms with Crippen LogP contribution in [0.5, 0.6) is 0 Å².